The molecular weight excluding hydrogens is 333 g/mol. The van der Waals surface area contributed by atoms with Gasteiger partial charge < -0.3 is 0 Å². The van der Waals surface area contributed by atoms with Gasteiger partial charge in [0.15, 0.2) is 0 Å². The summed E-state index contributed by atoms with van der Waals surface area (Å²) in [5, 5.41) is 0. The second-order valence-electron chi connectivity index (χ2n) is 4.63. The summed E-state index contributed by atoms with van der Waals surface area (Å²) >= 11 is 3.35. The smallest absolute Gasteiger partial charge is 0.256 e. The van der Waals surface area contributed by atoms with E-state index in [1.165, 1.54) is 17.0 Å². The molecule has 21 heavy (non-hydrogen) atoms. The Balaban J connectivity index is 2.00. The molecule has 0 saturated heterocycles. The van der Waals surface area contributed by atoms with Crippen LogP contribution in [0.5, 0.6) is 0 Å². The van der Waals surface area contributed by atoms with Crippen molar-refractivity contribution in [2.75, 3.05) is 4.90 Å². The quantitative estimate of drug-likeness (QED) is 0.784. The van der Waals surface area contributed by atoms with Crippen molar-refractivity contribution in [3.8, 4) is 0 Å². The summed E-state index contributed by atoms with van der Waals surface area (Å²) in [7, 11) is 0. The number of rotatable bonds is 2. The van der Waals surface area contributed by atoms with E-state index >= 15 is 0 Å². The normalized spacial score (nSPS) is 14.6. The maximum Gasteiger partial charge on any atom is 0.256 e. The summed E-state index contributed by atoms with van der Waals surface area (Å²) in [6.45, 7) is 3.94. The van der Waals surface area contributed by atoms with E-state index in [0.29, 0.717) is 22.5 Å². The molecule has 0 atom stereocenters. The number of hydrogen-bond donors (Lipinski definition) is 0. The van der Waals surface area contributed by atoms with E-state index < -0.39 is 0 Å². The standard InChI is InChI=1S/C17H11BrFNO/c1-11-15(14-4-2-3-5-16(14)19)10-17(21)20(11)13-8-6-12(18)7-9-13/h2-10H,1H2. The van der Waals surface area contributed by atoms with E-state index in [-0.39, 0.29) is 11.7 Å². The molecular formula is C17H11BrFNO. The fourth-order valence-electron chi connectivity index (χ4n) is 2.31. The van der Waals surface area contributed by atoms with Gasteiger partial charge in [-0.25, -0.2) is 4.39 Å². The largest absolute Gasteiger partial charge is 0.277 e. The van der Waals surface area contributed by atoms with Crippen molar-refractivity contribution in [3.63, 3.8) is 0 Å². The fourth-order valence-corrected chi connectivity index (χ4v) is 2.58. The molecule has 104 valence electrons. The first kappa shape index (κ1) is 13.8. The van der Waals surface area contributed by atoms with Gasteiger partial charge in [0.25, 0.3) is 5.91 Å². The van der Waals surface area contributed by atoms with Crippen LogP contribution in [0.25, 0.3) is 5.57 Å². The maximum atomic E-state index is 13.9. The molecule has 0 aromatic heterocycles. The van der Waals surface area contributed by atoms with Gasteiger partial charge in [-0.1, -0.05) is 40.7 Å². The number of anilines is 1. The van der Waals surface area contributed by atoms with Gasteiger partial charge >= 0.3 is 0 Å². The maximum absolute atomic E-state index is 13.9. The summed E-state index contributed by atoms with van der Waals surface area (Å²) in [6.07, 6.45) is 1.42. The van der Waals surface area contributed by atoms with Crippen LogP contribution in [0.3, 0.4) is 0 Å². The van der Waals surface area contributed by atoms with Gasteiger partial charge in [0.2, 0.25) is 0 Å². The topological polar surface area (TPSA) is 20.3 Å². The van der Waals surface area contributed by atoms with Crippen LogP contribution in [0.2, 0.25) is 0 Å². The molecule has 0 bridgehead atoms. The molecule has 2 aromatic carbocycles. The number of benzene rings is 2. The monoisotopic (exact) mass is 343 g/mol. The van der Waals surface area contributed by atoms with Crippen LogP contribution in [0, 0.1) is 5.82 Å². The lowest BCUT2D eigenvalue weighted by Crippen LogP contribution is -2.22. The molecule has 2 aromatic rings. The van der Waals surface area contributed by atoms with Crippen LogP contribution in [0.15, 0.2) is 71.4 Å². The van der Waals surface area contributed by atoms with E-state index in [9.17, 15) is 9.18 Å². The van der Waals surface area contributed by atoms with Crippen molar-refractivity contribution >= 4 is 33.1 Å². The zero-order valence-corrected chi connectivity index (χ0v) is 12.6. The molecule has 1 amide bonds. The Kier molecular flexibility index (Phi) is 3.47. The SMILES string of the molecule is C=C1C(c2ccccc2F)=CC(=O)N1c1ccc(Br)cc1. The first-order valence-corrected chi connectivity index (χ1v) is 7.13. The van der Waals surface area contributed by atoms with Gasteiger partial charge in [-0.05, 0) is 30.3 Å². The number of carbonyl (C=O) groups excluding carboxylic acids is 1. The molecule has 0 N–H and O–H groups in total. The molecule has 3 rings (SSSR count). The predicted octanol–water partition coefficient (Wildman–Crippen LogP) is 4.53. The third kappa shape index (κ3) is 2.43. The molecule has 1 aliphatic rings. The van der Waals surface area contributed by atoms with Crippen molar-refractivity contribution in [3.05, 3.63) is 82.7 Å². The van der Waals surface area contributed by atoms with Crippen LogP contribution in [0.4, 0.5) is 10.1 Å². The Labute approximate surface area is 130 Å². The number of nitrogens with zero attached hydrogens (tertiary/aromatic N) is 1. The highest BCUT2D eigenvalue weighted by Gasteiger charge is 2.29. The number of halogens is 2. The van der Waals surface area contributed by atoms with Gasteiger partial charge in [-0.3, -0.25) is 9.69 Å². The average molecular weight is 344 g/mol. The minimum atomic E-state index is -0.365. The van der Waals surface area contributed by atoms with Gasteiger partial charge in [-0.15, -0.1) is 0 Å². The van der Waals surface area contributed by atoms with Crippen LogP contribution in [-0.2, 0) is 4.79 Å². The van der Waals surface area contributed by atoms with Gasteiger partial charge in [0, 0.05) is 27.4 Å². The minimum absolute atomic E-state index is 0.222. The molecule has 0 radical (unpaired) electrons. The Hall–Kier alpha value is -2.20. The van der Waals surface area contributed by atoms with Crippen LogP contribution in [-0.4, -0.2) is 5.91 Å². The molecule has 1 heterocycles. The lowest BCUT2D eigenvalue weighted by atomic mass is 10.0. The second-order valence-corrected chi connectivity index (χ2v) is 5.55. The Bertz CT molecular complexity index is 765. The minimum Gasteiger partial charge on any atom is -0.277 e. The number of amides is 1. The summed E-state index contributed by atoms with van der Waals surface area (Å²) in [4.78, 5) is 13.7. The first-order valence-electron chi connectivity index (χ1n) is 6.33. The van der Waals surface area contributed by atoms with Crippen molar-refractivity contribution in [1.29, 1.82) is 0 Å². The molecule has 0 saturated carbocycles. The Morgan fingerprint density at radius 2 is 1.71 bits per heavy atom. The number of allylic oxidation sites excluding steroid dienone is 1. The van der Waals surface area contributed by atoms with E-state index in [0.717, 1.165) is 4.47 Å². The summed E-state index contributed by atoms with van der Waals surface area (Å²) < 4.78 is 14.8. The van der Waals surface area contributed by atoms with Gasteiger partial charge in [0.05, 0.1) is 5.70 Å². The molecule has 0 unspecified atom stereocenters. The van der Waals surface area contributed by atoms with Crippen LogP contribution >= 0.6 is 15.9 Å². The molecule has 2 nitrogen and oxygen atoms in total. The van der Waals surface area contributed by atoms with E-state index in [1.54, 1.807) is 18.2 Å². The molecule has 1 aliphatic heterocycles. The predicted molar refractivity (Wildman–Crippen MR) is 85.1 cm³/mol. The zero-order valence-electron chi connectivity index (χ0n) is 11.0. The zero-order chi connectivity index (χ0) is 15.0. The van der Waals surface area contributed by atoms with Crippen molar-refractivity contribution in [2.24, 2.45) is 0 Å². The lowest BCUT2D eigenvalue weighted by Gasteiger charge is -2.19. The molecule has 0 spiro atoms. The molecule has 0 fully saturated rings. The highest BCUT2D eigenvalue weighted by molar-refractivity contribution is 9.10. The van der Waals surface area contributed by atoms with Gasteiger partial charge in [-0.2, -0.15) is 0 Å². The third-order valence-corrected chi connectivity index (χ3v) is 3.85. The van der Waals surface area contributed by atoms with Crippen LogP contribution < -0.4 is 4.90 Å². The van der Waals surface area contributed by atoms with Gasteiger partial charge in [0.1, 0.15) is 5.82 Å². The molecule has 0 aliphatic carbocycles. The Morgan fingerprint density at radius 1 is 1.05 bits per heavy atom. The highest BCUT2D eigenvalue weighted by Crippen LogP contribution is 2.35. The fraction of sp³-hybridized carbons (Fsp3) is 0. The second kappa shape index (κ2) is 5.30. The van der Waals surface area contributed by atoms with Crippen LogP contribution in [0.1, 0.15) is 5.56 Å². The highest BCUT2D eigenvalue weighted by atomic mass is 79.9. The summed E-state index contributed by atoms with van der Waals surface area (Å²) in [5.41, 5.74) is 2.08. The average Bonchev–Trinajstić information content (AvgIpc) is 2.76. The Morgan fingerprint density at radius 3 is 2.38 bits per heavy atom. The molecule has 4 heteroatoms. The van der Waals surface area contributed by atoms with E-state index in [1.807, 2.05) is 24.3 Å². The number of carbonyl (C=O) groups is 1. The van der Waals surface area contributed by atoms with E-state index in [2.05, 4.69) is 22.5 Å². The summed E-state index contributed by atoms with van der Waals surface area (Å²) in [6, 6.07) is 13.7. The lowest BCUT2D eigenvalue weighted by molar-refractivity contribution is -0.113. The first-order chi connectivity index (χ1) is 10.1. The summed E-state index contributed by atoms with van der Waals surface area (Å²) in [5.74, 6) is -0.587. The van der Waals surface area contributed by atoms with Crippen molar-refractivity contribution < 1.29 is 9.18 Å². The third-order valence-electron chi connectivity index (χ3n) is 3.32. The van der Waals surface area contributed by atoms with E-state index in [4.69, 9.17) is 0 Å². The van der Waals surface area contributed by atoms with Crippen molar-refractivity contribution in [2.45, 2.75) is 0 Å². The number of hydrogen-bond acceptors (Lipinski definition) is 1. The van der Waals surface area contributed by atoms with Crippen molar-refractivity contribution in [1.82, 2.24) is 0 Å².